The number of hydrogen-bond acceptors (Lipinski definition) is 4. The van der Waals surface area contributed by atoms with E-state index in [4.69, 9.17) is 4.42 Å². The molecule has 22 heavy (non-hydrogen) atoms. The van der Waals surface area contributed by atoms with E-state index in [9.17, 15) is 4.79 Å². The number of nitrogens with one attached hydrogen (secondary N) is 1. The highest BCUT2D eigenvalue weighted by molar-refractivity contribution is 5.83. The number of carbonyl (C=O) groups excluding carboxylic acids is 1. The fourth-order valence-electron chi connectivity index (χ4n) is 2.68. The number of carbonyl (C=O) groups is 1. The molecule has 0 saturated heterocycles. The zero-order valence-corrected chi connectivity index (χ0v) is 12.6. The number of nitrogens with zero attached hydrogens (tertiary/aromatic N) is 2. The van der Waals surface area contributed by atoms with Crippen molar-refractivity contribution < 1.29 is 9.21 Å². The Kier molecular flexibility index (Phi) is 4.23. The van der Waals surface area contributed by atoms with E-state index in [1.54, 1.807) is 0 Å². The van der Waals surface area contributed by atoms with Gasteiger partial charge >= 0.3 is 0 Å². The van der Waals surface area contributed by atoms with Crippen LogP contribution in [0.5, 0.6) is 0 Å². The van der Waals surface area contributed by atoms with E-state index in [0.29, 0.717) is 12.3 Å². The van der Waals surface area contributed by atoms with Crippen LogP contribution in [0, 0.1) is 6.92 Å². The Morgan fingerprint density at radius 3 is 3.05 bits per heavy atom. The van der Waals surface area contributed by atoms with Crippen molar-refractivity contribution in [3.63, 3.8) is 0 Å². The maximum Gasteiger partial charge on any atom is 0.259 e. The maximum absolute atomic E-state index is 12.0. The lowest BCUT2D eigenvalue weighted by Gasteiger charge is -2.30. The second-order valence-electron chi connectivity index (χ2n) is 5.40. The summed E-state index contributed by atoms with van der Waals surface area (Å²) in [7, 11) is 0. The molecule has 1 aliphatic heterocycles. The highest BCUT2D eigenvalue weighted by Gasteiger charge is 2.18. The van der Waals surface area contributed by atoms with Gasteiger partial charge in [0.1, 0.15) is 11.5 Å². The number of hydrogen-bond donors (Lipinski definition) is 1. The van der Waals surface area contributed by atoms with Crippen LogP contribution in [0.15, 0.2) is 45.9 Å². The number of fused-ring (bicyclic) bond motifs is 1. The minimum Gasteiger partial charge on any atom is -0.460 e. The van der Waals surface area contributed by atoms with Gasteiger partial charge in [0.05, 0.1) is 12.8 Å². The molecule has 5 heteroatoms. The van der Waals surface area contributed by atoms with E-state index in [0.717, 1.165) is 30.8 Å². The van der Waals surface area contributed by atoms with E-state index in [1.807, 2.05) is 31.2 Å². The monoisotopic (exact) mass is 297 g/mol. The molecule has 0 radical (unpaired) electrons. The fraction of sp³-hybridized carbons (Fsp3) is 0.294. The van der Waals surface area contributed by atoms with E-state index in [-0.39, 0.29) is 5.91 Å². The van der Waals surface area contributed by atoms with Crippen LogP contribution in [0.1, 0.15) is 23.5 Å². The first-order valence-electron chi connectivity index (χ1n) is 7.43. The molecule has 2 aromatic rings. The molecular weight excluding hydrogens is 278 g/mol. The lowest BCUT2D eigenvalue weighted by atomic mass is 10.0. The first-order valence-corrected chi connectivity index (χ1v) is 7.43. The van der Waals surface area contributed by atoms with Crippen molar-refractivity contribution in [2.75, 3.05) is 18.0 Å². The molecule has 5 nitrogen and oxygen atoms in total. The molecule has 0 fully saturated rings. The molecule has 1 aliphatic rings. The SMILES string of the molecule is Cc1ccc(/C=N\NC(=O)CN2CCCc3ccccc32)o1. The molecular formula is C17H19N3O2. The summed E-state index contributed by atoms with van der Waals surface area (Å²) in [4.78, 5) is 14.1. The Morgan fingerprint density at radius 1 is 1.36 bits per heavy atom. The summed E-state index contributed by atoms with van der Waals surface area (Å²) in [5.41, 5.74) is 5.00. The molecule has 0 unspecified atom stereocenters. The number of para-hydroxylation sites is 1. The lowest BCUT2D eigenvalue weighted by molar-refractivity contribution is -0.119. The van der Waals surface area contributed by atoms with Gasteiger partial charge in [0.25, 0.3) is 5.91 Å². The van der Waals surface area contributed by atoms with E-state index < -0.39 is 0 Å². The third kappa shape index (κ3) is 3.36. The van der Waals surface area contributed by atoms with Crippen molar-refractivity contribution in [2.45, 2.75) is 19.8 Å². The molecule has 0 saturated carbocycles. The first kappa shape index (κ1) is 14.4. The second-order valence-corrected chi connectivity index (χ2v) is 5.40. The third-order valence-corrected chi connectivity index (χ3v) is 3.68. The van der Waals surface area contributed by atoms with E-state index in [1.165, 1.54) is 11.8 Å². The number of aryl methyl sites for hydroxylation is 2. The van der Waals surface area contributed by atoms with Gasteiger partial charge in [-0.2, -0.15) is 5.10 Å². The molecule has 1 amide bonds. The molecule has 0 aliphatic carbocycles. The standard InChI is InChI=1S/C17H19N3O2/c1-13-8-9-15(22-13)11-18-19-17(21)12-20-10-4-6-14-5-2-3-7-16(14)20/h2-3,5,7-9,11H,4,6,10,12H2,1H3,(H,19,21)/b18-11-. The Labute approximate surface area is 129 Å². The van der Waals surface area contributed by atoms with Crippen LogP contribution in [0.25, 0.3) is 0 Å². The topological polar surface area (TPSA) is 57.8 Å². The summed E-state index contributed by atoms with van der Waals surface area (Å²) >= 11 is 0. The van der Waals surface area contributed by atoms with Gasteiger partial charge in [-0.05, 0) is 43.5 Å². The van der Waals surface area contributed by atoms with E-state index >= 15 is 0 Å². The van der Waals surface area contributed by atoms with Gasteiger partial charge in [-0.25, -0.2) is 5.43 Å². The van der Waals surface area contributed by atoms with Gasteiger partial charge in [0.2, 0.25) is 0 Å². The third-order valence-electron chi connectivity index (χ3n) is 3.68. The van der Waals surface area contributed by atoms with Gasteiger partial charge in [0, 0.05) is 12.2 Å². The van der Waals surface area contributed by atoms with Crippen LogP contribution in [0.4, 0.5) is 5.69 Å². The Bertz CT molecular complexity index is 691. The van der Waals surface area contributed by atoms with Crippen molar-refractivity contribution in [1.82, 2.24) is 5.43 Å². The smallest absolute Gasteiger partial charge is 0.259 e. The number of benzene rings is 1. The van der Waals surface area contributed by atoms with Crippen molar-refractivity contribution in [2.24, 2.45) is 5.10 Å². The summed E-state index contributed by atoms with van der Waals surface area (Å²) in [6, 6.07) is 11.9. The van der Waals surface area contributed by atoms with Crippen LogP contribution in [0.3, 0.4) is 0 Å². The average molecular weight is 297 g/mol. The van der Waals surface area contributed by atoms with Gasteiger partial charge in [-0.3, -0.25) is 4.79 Å². The lowest BCUT2D eigenvalue weighted by Crippen LogP contribution is -2.38. The van der Waals surface area contributed by atoms with Crippen molar-refractivity contribution in [3.05, 3.63) is 53.5 Å². The minimum absolute atomic E-state index is 0.128. The number of rotatable bonds is 4. The van der Waals surface area contributed by atoms with Gasteiger partial charge in [-0.1, -0.05) is 18.2 Å². The molecule has 1 aromatic carbocycles. The zero-order valence-electron chi connectivity index (χ0n) is 12.6. The Morgan fingerprint density at radius 2 is 2.23 bits per heavy atom. The minimum atomic E-state index is -0.128. The normalized spacial score (nSPS) is 14.1. The van der Waals surface area contributed by atoms with E-state index in [2.05, 4.69) is 27.6 Å². The predicted molar refractivity (Wildman–Crippen MR) is 86.2 cm³/mol. The molecule has 1 aromatic heterocycles. The molecule has 1 N–H and O–H groups in total. The van der Waals surface area contributed by atoms with Crippen LogP contribution in [-0.2, 0) is 11.2 Å². The average Bonchev–Trinajstić information content (AvgIpc) is 2.93. The maximum atomic E-state index is 12.0. The fourth-order valence-corrected chi connectivity index (χ4v) is 2.68. The van der Waals surface area contributed by atoms with Gasteiger partial charge in [-0.15, -0.1) is 0 Å². The van der Waals surface area contributed by atoms with Crippen LogP contribution >= 0.6 is 0 Å². The molecule has 0 bridgehead atoms. The van der Waals surface area contributed by atoms with Crippen molar-refractivity contribution >= 4 is 17.8 Å². The van der Waals surface area contributed by atoms with Crippen molar-refractivity contribution in [1.29, 1.82) is 0 Å². The second kappa shape index (κ2) is 6.47. The molecule has 114 valence electrons. The molecule has 0 atom stereocenters. The summed E-state index contributed by atoms with van der Waals surface area (Å²) in [6.07, 6.45) is 3.65. The molecule has 3 rings (SSSR count). The highest BCUT2D eigenvalue weighted by atomic mass is 16.3. The summed E-state index contributed by atoms with van der Waals surface area (Å²) in [5, 5.41) is 3.93. The van der Waals surface area contributed by atoms with Crippen LogP contribution in [0.2, 0.25) is 0 Å². The summed E-state index contributed by atoms with van der Waals surface area (Å²) < 4.78 is 5.35. The number of amides is 1. The Balaban J connectivity index is 1.57. The zero-order chi connectivity index (χ0) is 15.4. The van der Waals surface area contributed by atoms with Gasteiger partial charge < -0.3 is 9.32 Å². The number of anilines is 1. The summed E-state index contributed by atoms with van der Waals surface area (Å²) in [6.45, 7) is 3.07. The van der Waals surface area contributed by atoms with Crippen LogP contribution in [-0.4, -0.2) is 25.2 Å². The quantitative estimate of drug-likeness (QED) is 0.697. The molecule has 2 heterocycles. The van der Waals surface area contributed by atoms with Gasteiger partial charge in [0.15, 0.2) is 0 Å². The summed E-state index contributed by atoms with van der Waals surface area (Å²) in [5.74, 6) is 1.31. The largest absolute Gasteiger partial charge is 0.460 e. The number of hydrazone groups is 1. The first-order chi connectivity index (χ1) is 10.7. The highest BCUT2D eigenvalue weighted by Crippen LogP contribution is 2.26. The van der Waals surface area contributed by atoms with Crippen LogP contribution < -0.4 is 10.3 Å². The Hall–Kier alpha value is -2.56. The van der Waals surface area contributed by atoms with Crippen molar-refractivity contribution in [3.8, 4) is 0 Å². The number of furan rings is 1. The predicted octanol–water partition coefficient (Wildman–Crippen LogP) is 2.49. The molecule has 0 spiro atoms.